The molecule has 0 radical (unpaired) electrons. The summed E-state index contributed by atoms with van der Waals surface area (Å²) in [5.41, 5.74) is 4.04. The van der Waals surface area contributed by atoms with Gasteiger partial charge in [0.05, 0.1) is 19.0 Å². The van der Waals surface area contributed by atoms with Crippen LogP contribution in [0.4, 0.5) is 10.6 Å². The van der Waals surface area contributed by atoms with Gasteiger partial charge in [-0.05, 0) is 108 Å². The van der Waals surface area contributed by atoms with Gasteiger partial charge in [0.2, 0.25) is 5.91 Å². The van der Waals surface area contributed by atoms with Gasteiger partial charge >= 0.3 is 6.09 Å². The standard InChI is InChI=1S/C34H46N6O4/c1-22(2)40-21-28(19-37-40)27-16-17-36-32(18-27)39(33(41)26-10-12-29(13-11-26)44-34(42)35-4)20-24-6-8-25(9-7-24)30-14-15-31(43-5)23(3)38-30/h14-19,21-22,24-26,29H,6-13,20H2,1-5H3,(H,35,42)/t24-,25-,26-,29-. The lowest BCUT2D eigenvalue weighted by Crippen LogP contribution is -2.42. The van der Waals surface area contributed by atoms with Crippen LogP contribution in [0.5, 0.6) is 5.75 Å². The maximum atomic E-state index is 14.2. The highest BCUT2D eigenvalue weighted by Crippen LogP contribution is 2.38. The lowest BCUT2D eigenvalue weighted by Gasteiger charge is -2.35. The number of methoxy groups -OCH3 is 1. The van der Waals surface area contributed by atoms with Crippen LogP contribution >= 0.6 is 0 Å². The quantitative estimate of drug-likeness (QED) is 0.299. The molecule has 1 N–H and O–H groups in total. The number of nitrogens with one attached hydrogen (secondary N) is 1. The van der Waals surface area contributed by atoms with Crippen molar-refractivity contribution in [2.45, 2.75) is 90.2 Å². The number of amides is 2. The number of pyridine rings is 2. The van der Waals surface area contributed by atoms with E-state index >= 15 is 0 Å². The van der Waals surface area contributed by atoms with E-state index in [1.54, 1.807) is 20.4 Å². The molecule has 0 bridgehead atoms. The van der Waals surface area contributed by atoms with Gasteiger partial charge in [-0.15, -0.1) is 0 Å². The van der Waals surface area contributed by atoms with Crippen LogP contribution in [0.3, 0.4) is 0 Å². The minimum atomic E-state index is -0.418. The number of anilines is 1. The summed E-state index contributed by atoms with van der Waals surface area (Å²) in [6.45, 7) is 6.83. The highest BCUT2D eigenvalue weighted by molar-refractivity contribution is 5.94. The van der Waals surface area contributed by atoms with Crippen molar-refractivity contribution in [3.8, 4) is 16.9 Å². The van der Waals surface area contributed by atoms with Gasteiger partial charge in [-0.25, -0.2) is 9.78 Å². The summed E-state index contributed by atoms with van der Waals surface area (Å²) in [5.74, 6) is 2.27. The fourth-order valence-corrected chi connectivity index (χ4v) is 6.58. The van der Waals surface area contributed by atoms with Crippen molar-refractivity contribution in [1.29, 1.82) is 0 Å². The molecule has 5 rings (SSSR count). The number of ether oxygens (including phenoxy) is 2. The van der Waals surface area contributed by atoms with Crippen molar-refractivity contribution in [3.63, 3.8) is 0 Å². The van der Waals surface area contributed by atoms with Crippen LogP contribution in [0.2, 0.25) is 0 Å². The van der Waals surface area contributed by atoms with Gasteiger partial charge in [0.1, 0.15) is 17.7 Å². The third-order valence-electron chi connectivity index (χ3n) is 9.24. The van der Waals surface area contributed by atoms with E-state index in [9.17, 15) is 9.59 Å². The predicted octanol–water partition coefficient (Wildman–Crippen LogP) is 6.46. The van der Waals surface area contributed by atoms with Crippen LogP contribution < -0.4 is 15.0 Å². The second-order valence-electron chi connectivity index (χ2n) is 12.5. The Morgan fingerprint density at radius 1 is 1.05 bits per heavy atom. The number of aryl methyl sites for hydroxylation is 1. The third kappa shape index (κ3) is 7.39. The monoisotopic (exact) mass is 602 g/mol. The van der Waals surface area contributed by atoms with E-state index in [-0.39, 0.29) is 24.0 Å². The Labute approximate surface area is 260 Å². The van der Waals surface area contributed by atoms with Crippen molar-refractivity contribution < 1.29 is 19.1 Å². The third-order valence-corrected chi connectivity index (χ3v) is 9.24. The SMILES string of the molecule is CNC(=O)O[C@H]1CC[C@H](C(=O)N(C[C@H]2CC[C@H](c3ccc(OC)c(C)n3)CC2)c2cc(-c3cnn(C(C)C)c3)ccn2)CC1. The normalized spacial score (nSPS) is 22.0. The van der Waals surface area contributed by atoms with Crippen LogP contribution in [-0.4, -0.2) is 58.6 Å². The zero-order valence-corrected chi connectivity index (χ0v) is 26.7. The molecule has 236 valence electrons. The fourth-order valence-electron chi connectivity index (χ4n) is 6.58. The number of carbonyl (C=O) groups excluding carboxylic acids is 2. The first kappa shape index (κ1) is 31.5. The van der Waals surface area contributed by atoms with Gasteiger partial charge < -0.3 is 14.8 Å². The summed E-state index contributed by atoms with van der Waals surface area (Å²) in [7, 11) is 3.24. The Bertz CT molecular complexity index is 1420. The lowest BCUT2D eigenvalue weighted by atomic mass is 9.79. The zero-order valence-electron chi connectivity index (χ0n) is 26.7. The van der Waals surface area contributed by atoms with Crippen LogP contribution in [-0.2, 0) is 9.53 Å². The molecule has 2 amide bonds. The van der Waals surface area contributed by atoms with Gasteiger partial charge in [-0.1, -0.05) is 0 Å². The Balaban J connectivity index is 1.32. The largest absolute Gasteiger partial charge is 0.495 e. The van der Waals surface area contributed by atoms with Crippen molar-refractivity contribution in [3.05, 3.63) is 54.2 Å². The van der Waals surface area contributed by atoms with Crippen LogP contribution in [0.15, 0.2) is 42.9 Å². The van der Waals surface area contributed by atoms with Crippen molar-refractivity contribution in [1.82, 2.24) is 25.1 Å². The molecule has 10 heteroatoms. The molecule has 0 spiro atoms. The molecular formula is C34H46N6O4. The van der Waals surface area contributed by atoms with Gasteiger partial charge in [0.15, 0.2) is 0 Å². The first-order valence-electron chi connectivity index (χ1n) is 16.0. The Morgan fingerprint density at radius 2 is 1.80 bits per heavy atom. The molecule has 2 saturated carbocycles. The van der Waals surface area contributed by atoms with Gasteiger partial charge in [-0.2, -0.15) is 5.10 Å². The highest BCUT2D eigenvalue weighted by Gasteiger charge is 2.34. The molecular weight excluding hydrogens is 556 g/mol. The van der Waals surface area contributed by atoms with Crippen LogP contribution in [0, 0.1) is 18.8 Å². The topological polar surface area (TPSA) is 111 Å². The molecule has 10 nitrogen and oxygen atoms in total. The summed E-state index contributed by atoms with van der Waals surface area (Å²) in [6.07, 6.45) is 12.0. The molecule has 0 saturated heterocycles. The van der Waals surface area contributed by atoms with Crippen molar-refractivity contribution in [2.75, 3.05) is 25.6 Å². The maximum Gasteiger partial charge on any atom is 0.407 e. The molecule has 3 aromatic rings. The van der Waals surface area contributed by atoms with Gasteiger partial charge in [0.25, 0.3) is 0 Å². The Morgan fingerprint density at radius 3 is 2.43 bits per heavy atom. The smallest absolute Gasteiger partial charge is 0.407 e. The summed E-state index contributed by atoms with van der Waals surface area (Å²) in [5, 5.41) is 7.03. The molecule has 2 aliphatic rings. The van der Waals surface area contributed by atoms with E-state index in [1.165, 1.54) is 0 Å². The number of rotatable bonds is 9. The molecule has 3 aromatic heterocycles. The summed E-state index contributed by atoms with van der Waals surface area (Å²) in [4.78, 5) is 37.4. The summed E-state index contributed by atoms with van der Waals surface area (Å²) >= 11 is 0. The molecule has 44 heavy (non-hydrogen) atoms. The van der Waals surface area contributed by atoms with Crippen LogP contribution in [0.1, 0.15) is 88.6 Å². The molecule has 0 atom stereocenters. The number of hydrogen-bond donors (Lipinski definition) is 1. The average molecular weight is 603 g/mol. The average Bonchev–Trinajstić information content (AvgIpc) is 3.55. The molecule has 3 heterocycles. The Hall–Kier alpha value is -3.95. The molecule has 0 unspecified atom stereocenters. The lowest BCUT2D eigenvalue weighted by molar-refractivity contribution is -0.124. The first-order chi connectivity index (χ1) is 21.2. The second kappa shape index (κ2) is 14.2. The predicted molar refractivity (Wildman–Crippen MR) is 170 cm³/mol. The Kier molecular flexibility index (Phi) is 10.2. The number of aromatic nitrogens is 4. The van der Waals surface area contributed by atoms with E-state index in [1.807, 2.05) is 47.1 Å². The maximum absolute atomic E-state index is 14.2. The fraction of sp³-hybridized carbons (Fsp3) is 0.559. The second-order valence-corrected chi connectivity index (χ2v) is 12.5. The molecule has 2 aliphatic carbocycles. The van der Waals surface area contributed by atoms with E-state index in [0.29, 0.717) is 49.9 Å². The molecule has 0 aliphatic heterocycles. The minimum Gasteiger partial charge on any atom is -0.495 e. The number of carbonyl (C=O) groups is 2. The first-order valence-corrected chi connectivity index (χ1v) is 16.0. The van der Waals surface area contributed by atoms with Crippen molar-refractivity contribution in [2.24, 2.45) is 11.8 Å². The van der Waals surface area contributed by atoms with Crippen molar-refractivity contribution >= 4 is 17.8 Å². The number of hydrogen-bond acceptors (Lipinski definition) is 7. The van der Waals surface area contributed by atoms with E-state index in [4.69, 9.17) is 19.4 Å². The van der Waals surface area contributed by atoms with E-state index in [0.717, 1.165) is 53.9 Å². The molecule has 0 aromatic carbocycles. The minimum absolute atomic E-state index is 0.112. The van der Waals surface area contributed by atoms with E-state index < -0.39 is 6.09 Å². The number of nitrogens with zero attached hydrogens (tertiary/aromatic N) is 5. The van der Waals surface area contributed by atoms with Crippen LogP contribution in [0.25, 0.3) is 11.1 Å². The van der Waals surface area contributed by atoms with Gasteiger partial charge in [0, 0.05) is 55.1 Å². The summed E-state index contributed by atoms with van der Waals surface area (Å²) in [6, 6.07) is 8.37. The molecule has 2 fully saturated rings. The highest BCUT2D eigenvalue weighted by atomic mass is 16.6. The van der Waals surface area contributed by atoms with E-state index in [2.05, 4.69) is 30.3 Å². The summed E-state index contributed by atoms with van der Waals surface area (Å²) < 4.78 is 12.8. The zero-order chi connectivity index (χ0) is 31.2. The van der Waals surface area contributed by atoms with Gasteiger partial charge in [-0.3, -0.25) is 19.4 Å². The number of alkyl carbamates (subject to hydrolysis) is 1.